The summed E-state index contributed by atoms with van der Waals surface area (Å²) < 4.78 is 5.63. The van der Waals surface area contributed by atoms with Crippen molar-refractivity contribution in [3.05, 3.63) is 11.6 Å². The first-order valence-corrected chi connectivity index (χ1v) is 10.5. The lowest BCUT2D eigenvalue weighted by atomic mass is 9.40. The van der Waals surface area contributed by atoms with Gasteiger partial charge in [-0.25, -0.2) is 0 Å². The van der Waals surface area contributed by atoms with E-state index in [1.807, 2.05) is 6.92 Å². The van der Waals surface area contributed by atoms with Gasteiger partial charge in [0.05, 0.1) is 19.3 Å². The normalized spacial score (nSPS) is 51.2. The van der Waals surface area contributed by atoms with Gasteiger partial charge in [0.25, 0.3) is 0 Å². The van der Waals surface area contributed by atoms with E-state index in [1.54, 1.807) is 0 Å². The standard InChI is InChI=1S/C22H34O5/c1-13(25)27-19-6-7-20(2)16-5-4-14-9-22(16,10-15(14)11-23)18(26)8-17(20)21(19,3)12-24/h10,14,16-19,23-24,26H,4-9,11-12H2,1-3H3/t14-,16+,17+,18+,19-,20+,21-,22-/m1/s1. The first-order valence-electron chi connectivity index (χ1n) is 10.5. The monoisotopic (exact) mass is 378 g/mol. The molecule has 4 aliphatic carbocycles. The molecule has 0 aromatic heterocycles. The number of rotatable bonds is 3. The second kappa shape index (κ2) is 6.30. The van der Waals surface area contributed by atoms with E-state index in [1.165, 1.54) is 6.92 Å². The molecule has 1 spiro atoms. The van der Waals surface area contributed by atoms with E-state index in [0.717, 1.165) is 37.7 Å². The molecule has 0 saturated heterocycles. The van der Waals surface area contributed by atoms with Gasteiger partial charge in [-0.3, -0.25) is 4.79 Å². The summed E-state index contributed by atoms with van der Waals surface area (Å²) in [5.41, 5.74) is 0.314. The predicted octanol–water partition coefficient (Wildman–Crippen LogP) is 2.43. The van der Waals surface area contributed by atoms with Crippen LogP contribution in [0.5, 0.6) is 0 Å². The van der Waals surface area contributed by atoms with Crippen LogP contribution in [0.15, 0.2) is 11.6 Å². The van der Waals surface area contributed by atoms with Crippen LogP contribution in [0.3, 0.4) is 0 Å². The molecular formula is C22H34O5. The molecule has 8 atom stereocenters. The fraction of sp³-hybridized carbons (Fsp3) is 0.864. The van der Waals surface area contributed by atoms with Gasteiger partial charge in [-0.15, -0.1) is 0 Å². The average Bonchev–Trinajstić information content (AvgIpc) is 2.92. The van der Waals surface area contributed by atoms with Gasteiger partial charge in [0, 0.05) is 17.8 Å². The van der Waals surface area contributed by atoms with Crippen LogP contribution in [0, 0.1) is 34.0 Å². The second-order valence-electron chi connectivity index (χ2n) is 10.1. The molecule has 3 fully saturated rings. The summed E-state index contributed by atoms with van der Waals surface area (Å²) in [6.07, 6.45) is 6.81. The Hall–Kier alpha value is -0.910. The van der Waals surface area contributed by atoms with Crippen LogP contribution in [-0.2, 0) is 9.53 Å². The van der Waals surface area contributed by atoms with Gasteiger partial charge in [-0.05, 0) is 67.3 Å². The summed E-state index contributed by atoms with van der Waals surface area (Å²) in [4.78, 5) is 11.6. The molecule has 4 rings (SSSR count). The molecule has 4 aliphatic rings. The molecule has 0 amide bonds. The number of fused-ring (bicyclic) bond motifs is 3. The first-order chi connectivity index (χ1) is 12.7. The lowest BCUT2D eigenvalue weighted by molar-refractivity contribution is -0.228. The largest absolute Gasteiger partial charge is 0.462 e. The molecule has 2 bridgehead atoms. The Labute approximate surface area is 161 Å². The van der Waals surface area contributed by atoms with Gasteiger partial charge < -0.3 is 20.1 Å². The molecule has 3 saturated carbocycles. The quantitative estimate of drug-likeness (QED) is 0.519. The molecule has 0 radical (unpaired) electrons. The van der Waals surface area contributed by atoms with E-state index >= 15 is 0 Å². The zero-order valence-electron chi connectivity index (χ0n) is 16.8. The highest BCUT2D eigenvalue weighted by Gasteiger charge is 2.67. The van der Waals surface area contributed by atoms with E-state index in [-0.39, 0.29) is 42.0 Å². The first kappa shape index (κ1) is 19.4. The van der Waals surface area contributed by atoms with E-state index < -0.39 is 11.5 Å². The Bertz CT molecular complexity index is 659. The third-order valence-electron chi connectivity index (χ3n) is 9.01. The van der Waals surface area contributed by atoms with Gasteiger partial charge in [0.15, 0.2) is 0 Å². The van der Waals surface area contributed by atoms with Crippen LogP contribution in [-0.4, -0.2) is 46.7 Å². The number of carbonyl (C=O) groups is 1. The summed E-state index contributed by atoms with van der Waals surface area (Å²) in [5, 5.41) is 31.5. The summed E-state index contributed by atoms with van der Waals surface area (Å²) in [7, 11) is 0. The molecular weight excluding hydrogens is 344 g/mol. The zero-order chi connectivity index (χ0) is 19.6. The molecule has 5 nitrogen and oxygen atoms in total. The Morgan fingerprint density at radius 2 is 1.96 bits per heavy atom. The SMILES string of the molecule is CC(=O)O[C@@H]1CC[C@]2(C)[C@H](C[C@H](O)[C@]34C=C(CO)[C@H](CC[C@@H]23)C4)[C@@]1(C)CO. The maximum absolute atomic E-state index is 11.6. The third kappa shape index (κ3) is 2.50. The smallest absolute Gasteiger partial charge is 0.302 e. The molecule has 0 aromatic carbocycles. The summed E-state index contributed by atoms with van der Waals surface area (Å²) >= 11 is 0. The molecule has 27 heavy (non-hydrogen) atoms. The van der Waals surface area contributed by atoms with Gasteiger partial charge in [0.2, 0.25) is 0 Å². The van der Waals surface area contributed by atoms with Crippen molar-refractivity contribution in [2.45, 2.75) is 71.5 Å². The number of carbonyl (C=O) groups excluding carboxylic acids is 1. The maximum Gasteiger partial charge on any atom is 0.302 e. The van der Waals surface area contributed by atoms with Crippen molar-refractivity contribution < 1.29 is 24.9 Å². The molecule has 152 valence electrons. The fourth-order valence-corrected chi connectivity index (χ4v) is 7.76. The van der Waals surface area contributed by atoms with Crippen LogP contribution in [0.4, 0.5) is 0 Å². The lowest BCUT2D eigenvalue weighted by Crippen LogP contribution is -2.65. The van der Waals surface area contributed by atoms with Crippen molar-refractivity contribution in [1.29, 1.82) is 0 Å². The van der Waals surface area contributed by atoms with Gasteiger partial charge in [-0.1, -0.05) is 19.9 Å². The van der Waals surface area contributed by atoms with Gasteiger partial charge in [0.1, 0.15) is 6.10 Å². The minimum Gasteiger partial charge on any atom is -0.462 e. The van der Waals surface area contributed by atoms with Crippen LogP contribution in [0.2, 0.25) is 0 Å². The Kier molecular flexibility index (Phi) is 4.53. The fourth-order valence-electron chi connectivity index (χ4n) is 7.76. The average molecular weight is 379 g/mol. The maximum atomic E-state index is 11.6. The van der Waals surface area contributed by atoms with Crippen LogP contribution in [0.25, 0.3) is 0 Å². The highest BCUT2D eigenvalue weighted by atomic mass is 16.5. The van der Waals surface area contributed by atoms with Crippen molar-refractivity contribution >= 4 is 5.97 Å². The number of ether oxygens (including phenoxy) is 1. The Morgan fingerprint density at radius 1 is 1.22 bits per heavy atom. The minimum absolute atomic E-state index is 0.0142. The van der Waals surface area contributed by atoms with Crippen molar-refractivity contribution in [3.63, 3.8) is 0 Å². The van der Waals surface area contributed by atoms with E-state index in [0.29, 0.717) is 18.3 Å². The summed E-state index contributed by atoms with van der Waals surface area (Å²) in [6.45, 7) is 5.84. The summed E-state index contributed by atoms with van der Waals surface area (Å²) in [5.74, 6) is 0.538. The number of esters is 1. The number of aliphatic hydroxyl groups excluding tert-OH is 3. The number of hydrogen-bond donors (Lipinski definition) is 3. The van der Waals surface area contributed by atoms with E-state index in [4.69, 9.17) is 4.74 Å². The Morgan fingerprint density at radius 3 is 2.59 bits per heavy atom. The molecule has 0 aliphatic heterocycles. The molecule has 0 unspecified atom stereocenters. The zero-order valence-corrected chi connectivity index (χ0v) is 16.8. The predicted molar refractivity (Wildman–Crippen MR) is 101 cm³/mol. The van der Waals surface area contributed by atoms with Crippen LogP contribution < -0.4 is 0 Å². The van der Waals surface area contributed by atoms with Crippen molar-refractivity contribution in [2.24, 2.45) is 34.0 Å². The van der Waals surface area contributed by atoms with Crippen LogP contribution in [0.1, 0.15) is 59.3 Å². The topological polar surface area (TPSA) is 87.0 Å². The lowest BCUT2D eigenvalue weighted by Gasteiger charge is -2.66. The molecule has 0 aromatic rings. The second-order valence-corrected chi connectivity index (χ2v) is 10.1. The highest BCUT2D eigenvalue weighted by Crippen LogP contribution is 2.70. The van der Waals surface area contributed by atoms with Gasteiger partial charge >= 0.3 is 5.97 Å². The number of hydrogen-bond acceptors (Lipinski definition) is 5. The molecule has 5 heteroatoms. The van der Waals surface area contributed by atoms with Crippen molar-refractivity contribution in [3.8, 4) is 0 Å². The van der Waals surface area contributed by atoms with E-state index in [2.05, 4.69) is 13.0 Å². The van der Waals surface area contributed by atoms with E-state index in [9.17, 15) is 20.1 Å². The Balaban J connectivity index is 1.74. The summed E-state index contributed by atoms with van der Waals surface area (Å²) in [6, 6.07) is 0. The highest BCUT2D eigenvalue weighted by molar-refractivity contribution is 5.66. The van der Waals surface area contributed by atoms with Crippen molar-refractivity contribution in [1.82, 2.24) is 0 Å². The third-order valence-corrected chi connectivity index (χ3v) is 9.01. The molecule has 0 heterocycles. The van der Waals surface area contributed by atoms with Crippen molar-refractivity contribution in [2.75, 3.05) is 13.2 Å². The molecule has 3 N–H and O–H groups in total. The van der Waals surface area contributed by atoms with Crippen LogP contribution >= 0.6 is 0 Å². The minimum atomic E-state index is -0.541. The van der Waals surface area contributed by atoms with Gasteiger partial charge in [-0.2, -0.15) is 0 Å². The number of aliphatic hydroxyl groups is 3.